The van der Waals surface area contributed by atoms with Gasteiger partial charge in [0.1, 0.15) is 0 Å². The topological polar surface area (TPSA) is 75.1 Å². The number of rotatable bonds is 9. The van der Waals surface area contributed by atoms with Crippen LogP contribution in [0.15, 0.2) is 67.0 Å². The number of fused-ring (bicyclic) bond motifs is 1. The van der Waals surface area contributed by atoms with Crippen molar-refractivity contribution in [1.82, 2.24) is 9.97 Å². The van der Waals surface area contributed by atoms with E-state index in [9.17, 15) is 9.90 Å². The second kappa shape index (κ2) is 10.4. The molecule has 168 valence electrons. The number of nitrogens with one attached hydrogen (secondary N) is 1. The van der Waals surface area contributed by atoms with Gasteiger partial charge >= 0.3 is 0 Å². The van der Waals surface area contributed by atoms with Gasteiger partial charge in [0.05, 0.1) is 23.4 Å². The highest BCUT2D eigenvalue weighted by Gasteiger charge is 2.17. The molecule has 0 amide bonds. The van der Waals surface area contributed by atoms with Crippen molar-refractivity contribution in [2.24, 2.45) is 0 Å². The van der Waals surface area contributed by atoms with Crippen LogP contribution in [0.5, 0.6) is 0 Å². The van der Waals surface area contributed by atoms with Gasteiger partial charge in [-0.05, 0) is 54.3 Å². The molecule has 0 saturated heterocycles. The molecule has 2 aromatic carbocycles. The van der Waals surface area contributed by atoms with Crippen LogP contribution in [-0.2, 0) is 13.0 Å². The van der Waals surface area contributed by atoms with Crippen molar-refractivity contribution in [3.05, 3.63) is 83.8 Å². The van der Waals surface area contributed by atoms with Gasteiger partial charge in [-0.15, -0.1) is 0 Å². The first-order valence-electron chi connectivity index (χ1n) is 11.5. The molecule has 0 aliphatic carbocycles. The maximum Gasteiger partial charge on any atom is 0.166 e. The van der Waals surface area contributed by atoms with E-state index in [0.717, 1.165) is 63.9 Å². The molecule has 4 aromatic rings. The zero-order chi connectivity index (χ0) is 23.2. The SMILES string of the molecule is CCCCc1ccc(-c2cc3c(Nc4ccccc4)c(C(=O)CC)cnc3cc2CO)cn1. The molecule has 0 radical (unpaired) electrons. The Balaban J connectivity index is 1.87. The summed E-state index contributed by atoms with van der Waals surface area (Å²) in [4.78, 5) is 21.9. The van der Waals surface area contributed by atoms with Crippen molar-refractivity contribution >= 4 is 28.1 Å². The monoisotopic (exact) mass is 439 g/mol. The zero-order valence-electron chi connectivity index (χ0n) is 19.1. The van der Waals surface area contributed by atoms with E-state index in [1.165, 1.54) is 0 Å². The van der Waals surface area contributed by atoms with E-state index in [-0.39, 0.29) is 12.4 Å². The molecule has 2 heterocycles. The molecule has 2 aromatic heterocycles. The number of hydrogen-bond donors (Lipinski definition) is 2. The van der Waals surface area contributed by atoms with Crippen LogP contribution in [0.3, 0.4) is 0 Å². The highest BCUT2D eigenvalue weighted by molar-refractivity contribution is 6.09. The number of pyridine rings is 2. The Hall–Kier alpha value is -3.57. The lowest BCUT2D eigenvalue weighted by atomic mass is 9.95. The van der Waals surface area contributed by atoms with Crippen molar-refractivity contribution in [2.45, 2.75) is 46.1 Å². The number of hydrogen-bond acceptors (Lipinski definition) is 5. The molecular weight excluding hydrogens is 410 g/mol. The third-order valence-corrected chi connectivity index (χ3v) is 5.85. The second-order valence-electron chi connectivity index (χ2n) is 8.14. The molecule has 0 bridgehead atoms. The molecule has 5 nitrogen and oxygen atoms in total. The van der Waals surface area contributed by atoms with Crippen LogP contribution in [0.2, 0.25) is 0 Å². The van der Waals surface area contributed by atoms with Crippen molar-refractivity contribution in [2.75, 3.05) is 5.32 Å². The third-order valence-electron chi connectivity index (χ3n) is 5.85. The number of unbranched alkanes of at least 4 members (excludes halogenated alkanes) is 1. The van der Waals surface area contributed by atoms with Crippen LogP contribution >= 0.6 is 0 Å². The molecule has 4 rings (SSSR count). The lowest BCUT2D eigenvalue weighted by Crippen LogP contribution is -2.05. The number of carbonyl (C=O) groups is 1. The molecule has 0 saturated carbocycles. The molecule has 5 heteroatoms. The highest BCUT2D eigenvalue weighted by atomic mass is 16.3. The van der Waals surface area contributed by atoms with E-state index < -0.39 is 0 Å². The Bertz CT molecular complexity index is 1250. The minimum atomic E-state index is -0.109. The molecular formula is C28H29N3O2. The van der Waals surface area contributed by atoms with E-state index in [4.69, 9.17) is 0 Å². The average Bonchev–Trinajstić information content (AvgIpc) is 2.87. The van der Waals surface area contributed by atoms with Crippen molar-refractivity contribution in [3.8, 4) is 11.1 Å². The van der Waals surface area contributed by atoms with Gasteiger partial charge in [-0.1, -0.05) is 44.5 Å². The van der Waals surface area contributed by atoms with E-state index in [1.54, 1.807) is 6.20 Å². The van der Waals surface area contributed by atoms with Gasteiger partial charge in [0.25, 0.3) is 0 Å². The summed E-state index contributed by atoms with van der Waals surface area (Å²) in [7, 11) is 0. The van der Waals surface area contributed by atoms with Gasteiger partial charge in [-0.2, -0.15) is 0 Å². The lowest BCUT2D eigenvalue weighted by Gasteiger charge is -2.17. The summed E-state index contributed by atoms with van der Waals surface area (Å²) in [5.41, 5.74) is 6.57. The summed E-state index contributed by atoms with van der Waals surface area (Å²) in [5, 5.41) is 14.4. The Kier molecular flexibility index (Phi) is 7.10. The van der Waals surface area contributed by atoms with Crippen LogP contribution < -0.4 is 5.32 Å². The summed E-state index contributed by atoms with van der Waals surface area (Å²) in [6.45, 7) is 3.91. The van der Waals surface area contributed by atoms with Gasteiger partial charge in [0, 0.05) is 41.1 Å². The first-order chi connectivity index (χ1) is 16.1. The number of aliphatic hydroxyl groups is 1. The van der Waals surface area contributed by atoms with Crippen LogP contribution in [0, 0.1) is 0 Å². The van der Waals surface area contributed by atoms with Crippen LogP contribution in [-0.4, -0.2) is 20.9 Å². The summed E-state index contributed by atoms with van der Waals surface area (Å²) < 4.78 is 0. The Labute approximate surface area is 194 Å². The van der Waals surface area contributed by atoms with E-state index in [0.29, 0.717) is 12.0 Å². The number of carbonyl (C=O) groups excluding carboxylic acids is 1. The minimum absolute atomic E-state index is 0.0255. The van der Waals surface area contributed by atoms with Gasteiger partial charge in [0.15, 0.2) is 5.78 Å². The second-order valence-corrected chi connectivity index (χ2v) is 8.14. The fourth-order valence-electron chi connectivity index (χ4n) is 3.97. The van der Waals surface area contributed by atoms with Gasteiger partial charge in [-0.3, -0.25) is 14.8 Å². The minimum Gasteiger partial charge on any atom is -0.392 e. The number of Topliss-reactive ketones (excluding diaryl/α,β-unsaturated/α-hetero) is 1. The summed E-state index contributed by atoms with van der Waals surface area (Å²) >= 11 is 0. The number of anilines is 2. The Morgan fingerprint density at radius 1 is 1.00 bits per heavy atom. The number of para-hydroxylation sites is 1. The van der Waals surface area contributed by atoms with Crippen LogP contribution in [0.1, 0.15) is 54.7 Å². The number of nitrogens with zero attached hydrogens (tertiary/aromatic N) is 2. The third kappa shape index (κ3) is 4.94. The molecule has 33 heavy (non-hydrogen) atoms. The fourth-order valence-corrected chi connectivity index (χ4v) is 3.97. The normalized spacial score (nSPS) is 11.0. The number of aliphatic hydroxyl groups excluding tert-OH is 1. The standard InChI is InChI=1S/C28H29N3O2/c1-3-5-9-21-13-12-19(16-29-21)23-15-24-26(14-20(23)18-32)30-17-25(27(33)4-2)28(24)31-22-10-7-6-8-11-22/h6-8,10-17,32H,3-5,9,18H2,1-2H3,(H,30,31). The molecule has 0 unspecified atom stereocenters. The number of aryl methyl sites for hydroxylation is 1. The predicted octanol–water partition coefficient (Wildman–Crippen LogP) is 6.47. The van der Waals surface area contributed by atoms with Crippen molar-refractivity contribution < 1.29 is 9.90 Å². The maximum atomic E-state index is 12.7. The van der Waals surface area contributed by atoms with E-state index in [1.807, 2.05) is 55.6 Å². The first kappa shape index (κ1) is 22.6. The number of aromatic nitrogens is 2. The largest absolute Gasteiger partial charge is 0.392 e. The van der Waals surface area contributed by atoms with Gasteiger partial charge in [-0.25, -0.2) is 0 Å². The zero-order valence-corrected chi connectivity index (χ0v) is 19.1. The summed E-state index contributed by atoms with van der Waals surface area (Å²) in [6.07, 6.45) is 7.08. The molecule has 0 spiro atoms. The van der Waals surface area contributed by atoms with Gasteiger partial charge < -0.3 is 10.4 Å². The highest BCUT2D eigenvalue weighted by Crippen LogP contribution is 2.35. The van der Waals surface area contributed by atoms with Crippen molar-refractivity contribution in [1.29, 1.82) is 0 Å². The predicted molar refractivity (Wildman–Crippen MR) is 134 cm³/mol. The maximum absolute atomic E-state index is 12.7. The lowest BCUT2D eigenvalue weighted by molar-refractivity contribution is 0.0988. The summed E-state index contributed by atoms with van der Waals surface area (Å²) in [6, 6.07) is 17.8. The smallest absolute Gasteiger partial charge is 0.166 e. The molecule has 0 atom stereocenters. The molecule has 0 aliphatic heterocycles. The number of benzene rings is 2. The molecule has 0 aliphatic rings. The number of ketones is 1. The van der Waals surface area contributed by atoms with Crippen LogP contribution in [0.4, 0.5) is 11.4 Å². The fraction of sp³-hybridized carbons (Fsp3) is 0.250. The Morgan fingerprint density at radius 3 is 2.48 bits per heavy atom. The first-order valence-corrected chi connectivity index (χ1v) is 11.5. The van der Waals surface area contributed by atoms with E-state index >= 15 is 0 Å². The molecule has 2 N–H and O–H groups in total. The molecule has 0 fully saturated rings. The quantitative estimate of drug-likeness (QED) is 0.292. The van der Waals surface area contributed by atoms with Crippen molar-refractivity contribution in [3.63, 3.8) is 0 Å². The average molecular weight is 440 g/mol. The van der Waals surface area contributed by atoms with E-state index in [2.05, 4.69) is 34.3 Å². The Morgan fingerprint density at radius 2 is 1.82 bits per heavy atom. The summed E-state index contributed by atoms with van der Waals surface area (Å²) in [5.74, 6) is 0.0255. The van der Waals surface area contributed by atoms with Crippen LogP contribution in [0.25, 0.3) is 22.0 Å². The van der Waals surface area contributed by atoms with Gasteiger partial charge in [0.2, 0.25) is 0 Å².